The zero-order valence-electron chi connectivity index (χ0n) is 31.9. The third-order valence-corrected chi connectivity index (χ3v) is 13.2. The molecule has 1 nitrogen and oxygen atoms in total. The average molecular weight is 746 g/mol. The first-order valence-corrected chi connectivity index (χ1v) is 20.6. The molecule has 1 aliphatic carbocycles. The number of rotatable bonds is 6. The van der Waals surface area contributed by atoms with Crippen molar-refractivity contribution in [1.82, 2.24) is 0 Å². The Kier molecular flexibility index (Phi) is 7.77. The molecular formula is C55H39NS. The molecule has 10 aromatic rings. The molecule has 0 fully saturated rings. The number of hydrogen-bond donors (Lipinski definition) is 0. The minimum Gasteiger partial charge on any atom is -0.309 e. The second-order valence-electron chi connectivity index (χ2n) is 15.7. The number of thiophene rings is 1. The van der Waals surface area contributed by atoms with Crippen LogP contribution in [-0.2, 0) is 5.41 Å². The summed E-state index contributed by atoms with van der Waals surface area (Å²) in [4.78, 5) is 2.49. The van der Waals surface area contributed by atoms with Gasteiger partial charge in [0, 0.05) is 42.4 Å². The van der Waals surface area contributed by atoms with Crippen LogP contribution in [0.5, 0.6) is 0 Å². The first-order chi connectivity index (χ1) is 28.0. The minimum absolute atomic E-state index is 0.0942. The maximum atomic E-state index is 2.49. The van der Waals surface area contributed by atoms with Gasteiger partial charge in [-0.1, -0.05) is 172 Å². The fourth-order valence-corrected chi connectivity index (χ4v) is 10.4. The van der Waals surface area contributed by atoms with Gasteiger partial charge in [-0.25, -0.2) is 0 Å². The molecule has 0 radical (unpaired) electrons. The molecule has 9 aromatic carbocycles. The molecule has 0 saturated heterocycles. The van der Waals surface area contributed by atoms with Gasteiger partial charge < -0.3 is 4.90 Å². The molecule has 57 heavy (non-hydrogen) atoms. The Labute approximate surface area is 337 Å². The van der Waals surface area contributed by atoms with Crippen molar-refractivity contribution in [1.29, 1.82) is 0 Å². The molecule has 2 heteroatoms. The number of fused-ring (bicyclic) bond motifs is 7. The Morgan fingerprint density at radius 2 is 1.00 bits per heavy atom. The van der Waals surface area contributed by atoms with E-state index in [1.54, 1.807) is 0 Å². The van der Waals surface area contributed by atoms with E-state index in [4.69, 9.17) is 0 Å². The molecule has 0 unspecified atom stereocenters. The van der Waals surface area contributed by atoms with Crippen LogP contribution in [0.15, 0.2) is 200 Å². The molecule has 0 bridgehead atoms. The maximum Gasteiger partial charge on any atom is 0.0540 e. The summed E-state index contributed by atoms with van der Waals surface area (Å²) in [6.07, 6.45) is 0. The summed E-state index contributed by atoms with van der Waals surface area (Å²) in [5, 5.41) is 5.11. The van der Waals surface area contributed by atoms with E-state index in [-0.39, 0.29) is 5.41 Å². The van der Waals surface area contributed by atoms with Crippen LogP contribution in [-0.4, -0.2) is 0 Å². The first-order valence-electron chi connectivity index (χ1n) is 19.8. The molecule has 0 spiro atoms. The van der Waals surface area contributed by atoms with Crippen LogP contribution in [0.1, 0.15) is 25.0 Å². The SMILES string of the molecule is CC1(C)c2ccccc2-c2c(-c3ccccc3N(c3cccc(-c4ccc5c(c4)sc4ccccc45)c3)c3ccccc3-c3ccc4ccccc4c3)cccc21. The quantitative estimate of drug-likeness (QED) is 0.164. The lowest BCUT2D eigenvalue weighted by Crippen LogP contribution is -2.15. The molecule has 0 N–H and O–H groups in total. The number of anilines is 3. The van der Waals surface area contributed by atoms with Gasteiger partial charge in [0.2, 0.25) is 0 Å². The maximum absolute atomic E-state index is 2.49. The second kappa shape index (κ2) is 13.2. The standard InChI is InChI=1S/C55H39NS/c1-55(2)48-24-9-5-22-47(48)54-46(23-14-25-49(54)55)43-20-7-11-27-51(43)56(50-26-10-6-19-42(50)40-30-29-36-15-3-4-16-37(36)33-40)41-18-13-17-38(34-41)39-31-32-45-44-21-8-12-28-52(44)57-53(45)35-39/h3-35H,1-2H3. The molecule has 0 atom stereocenters. The van der Waals surface area contributed by atoms with Gasteiger partial charge in [0.25, 0.3) is 0 Å². The molecule has 270 valence electrons. The lowest BCUT2D eigenvalue weighted by molar-refractivity contribution is 0.660. The highest BCUT2D eigenvalue weighted by atomic mass is 32.1. The largest absolute Gasteiger partial charge is 0.309 e. The summed E-state index contributed by atoms with van der Waals surface area (Å²) in [5.41, 5.74) is 15.9. The van der Waals surface area contributed by atoms with Crippen molar-refractivity contribution in [3.05, 3.63) is 211 Å². The summed E-state index contributed by atoms with van der Waals surface area (Å²) in [5.74, 6) is 0. The van der Waals surface area contributed by atoms with Crippen LogP contribution in [0.25, 0.3) is 75.5 Å². The highest BCUT2D eigenvalue weighted by Gasteiger charge is 2.37. The topological polar surface area (TPSA) is 3.24 Å². The third-order valence-electron chi connectivity index (χ3n) is 12.1. The molecule has 1 aromatic heterocycles. The first kappa shape index (κ1) is 33.6. The van der Waals surface area contributed by atoms with Gasteiger partial charge in [0.1, 0.15) is 0 Å². The lowest BCUT2D eigenvalue weighted by atomic mass is 9.82. The van der Waals surface area contributed by atoms with Crippen LogP contribution in [0.2, 0.25) is 0 Å². The number of hydrogen-bond acceptors (Lipinski definition) is 2. The summed E-state index contributed by atoms with van der Waals surface area (Å²) < 4.78 is 2.63. The predicted octanol–water partition coefficient (Wildman–Crippen LogP) is 16.0. The highest BCUT2D eigenvalue weighted by Crippen LogP contribution is 2.54. The molecule has 0 aliphatic heterocycles. The van der Waals surface area contributed by atoms with Crippen molar-refractivity contribution in [3.63, 3.8) is 0 Å². The van der Waals surface area contributed by atoms with Crippen LogP contribution in [0.4, 0.5) is 17.1 Å². The number of benzene rings is 9. The van der Waals surface area contributed by atoms with E-state index < -0.39 is 0 Å². The van der Waals surface area contributed by atoms with Crippen molar-refractivity contribution in [2.45, 2.75) is 19.3 Å². The third kappa shape index (κ3) is 5.44. The molecule has 1 aliphatic rings. The van der Waals surface area contributed by atoms with Crippen molar-refractivity contribution in [3.8, 4) is 44.5 Å². The number of para-hydroxylation sites is 2. The Hall–Kier alpha value is -6.74. The molecular weight excluding hydrogens is 707 g/mol. The van der Waals surface area contributed by atoms with E-state index in [0.29, 0.717) is 0 Å². The zero-order chi connectivity index (χ0) is 38.1. The fraction of sp³-hybridized carbons (Fsp3) is 0.0545. The van der Waals surface area contributed by atoms with Crippen molar-refractivity contribution >= 4 is 59.3 Å². The smallest absolute Gasteiger partial charge is 0.0540 e. The van der Waals surface area contributed by atoms with E-state index in [9.17, 15) is 0 Å². The summed E-state index contributed by atoms with van der Waals surface area (Å²) in [6, 6.07) is 74.0. The van der Waals surface area contributed by atoms with Gasteiger partial charge >= 0.3 is 0 Å². The van der Waals surface area contributed by atoms with Crippen LogP contribution in [0, 0.1) is 0 Å². The van der Waals surface area contributed by atoms with E-state index >= 15 is 0 Å². The van der Waals surface area contributed by atoms with E-state index in [1.165, 1.54) is 86.6 Å². The Morgan fingerprint density at radius 1 is 0.386 bits per heavy atom. The van der Waals surface area contributed by atoms with Crippen molar-refractivity contribution < 1.29 is 0 Å². The van der Waals surface area contributed by atoms with Crippen molar-refractivity contribution in [2.75, 3.05) is 4.90 Å². The van der Waals surface area contributed by atoms with Crippen LogP contribution < -0.4 is 4.90 Å². The van der Waals surface area contributed by atoms with Crippen LogP contribution in [0.3, 0.4) is 0 Å². The normalized spacial score (nSPS) is 12.9. The van der Waals surface area contributed by atoms with E-state index in [1.807, 2.05) is 11.3 Å². The molecule has 1 heterocycles. The van der Waals surface area contributed by atoms with Gasteiger partial charge in [0.05, 0.1) is 11.4 Å². The number of nitrogens with zero attached hydrogens (tertiary/aromatic N) is 1. The molecule has 11 rings (SSSR count). The summed E-state index contributed by atoms with van der Waals surface area (Å²) in [6.45, 7) is 4.72. The Morgan fingerprint density at radius 3 is 1.88 bits per heavy atom. The van der Waals surface area contributed by atoms with Gasteiger partial charge in [-0.3, -0.25) is 0 Å². The zero-order valence-corrected chi connectivity index (χ0v) is 32.7. The van der Waals surface area contributed by atoms with Gasteiger partial charge in [-0.15, -0.1) is 11.3 Å². The van der Waals surface area contributed by atoms with E-state index in [0.717, 1.165) is 17.1 Å². The van der Waals surface area contributed by atoms with E-state index in [2.05, 4.69) is 219 Å². The minimum atomic E-state index is -0.0942. The Bertz CT molecular complexity index is 3180. The average Bonchev–Trinajstić information content (AvgIpc) is 3.75. The van der Waals surface area contributed by atoms with Crippen LogP contribution >= 0.6 is 11.3 Å². The summed E-state index contributed by atoms with van der Waals surface area (Å²) >= 11 is 1.87. The van der Waals surface area contributed by atoms with Gasteiger partial charge in [0.15, 0.2) is 0 Å². The Balaban J connectivity index is 1.14. The lowest BCUT2D eigenvalue weighted by Gasteiger charge is -2.31. The second-order valence-corrected chi connectivity index (χ2v) is 16.8. The fourth-order valence-electron chi connectivity index (χ4n) is 9.28. The van der Waals surface area contributed by atoms with Crippen molar-refractivity contribution in [2.24, 2.45) is 0 Å². The molecule has 0 amide bonds. The van der Waals surface area contributed by atoms with Gasteiger partial charge in [-0.05, 0) is 97.7 Å². The molecule has 0 saturated carbocycles. The predicted molar refractivity (Wildman–Crippen MR) is 245 cm³/mol. The monoisotopic (exact) mass is 745 g/mol. The van der Waals surface area contributed by atoms with Gasteiger partial charge in [-0.2, -0.15) is 0 Å². The highest BCUT2D eigenvalue weighted by molar-refractivity contribution is 7.25. The summed E-state index contributed by atoms with van der Waals surface area (Å²) in [7, 11) is 0.